The quantitative estimate of drug-likeness (QED) is 0.619. The van der Waals surface area contributed by atoms with E-state index in [0.29, 0.717) is 23.7 Å². The van der Waals surface area contributed by atoms with Gasteiger partial charge < -0.3 is 14.8 Å². The lowest BCUT2D eigenvalue weighted by atomic mass is 9.94. The molecule has 0 bridgehead atoms. The third kappa shape index (κ3) is 5.45. The molecule has 1 N–H and O–H groups in total. The summed E-state index contributed by atoms with van der Waals surface area (Å²) in [7, 11) is 1.61. The molecule has 1 unspecified atom stereocenters. The Morgan fingerprint density at radius 2 is 1.77 bits per heavy atom. The van der Waals surface area contributed by atoms with Crippen LogP contribution >= 0.6 is 0 Å². The van der Waals surface area contributed by atoms with Gasteiger partial charge in [-0.3, -0.25) is 4.90 Å². The first-order valence-electron chi connectivity index (χ1n) is 10.5. The maximum Gasteiger partial charge on any atom is 0.338 e. The minimum Gasteiger partial charge on any atom is -0.497 e. The number of esters is 1. The molecule has 164 valence electrons. The van der Waals surface area contributed by atoms with Crippen molar-refractivity contribution in [3.63, 3.8) is 0 Å². The van der Waals surface area contributed by atoms with Crippen LogP contribution in [-0.4, -0.2) is 30.6 Å². The molecule has 2 amide bonds. The van der Waals surface area contributed by atoms with Gasteiger partial charge in [-0.2, -0.15) is 0 Å². The Balaban J connectivity index is 1.86. The highest BCUT2D eigenvalue weighted by molar-refractivity contribution is 5.95. The number of hydrogen-bond donors (Lipinski definition) is 1. The fourth-order valence-electron chi connectivity index (χ4n) is 3.55. The lowest BCUT2D eigenvalue weighted by molar-refractivity contribution is -0.141. The highest BCUT2D eigenvalue weighted by atomic mass is 16.5. The molecule has 0 saturated heterocycles. The molecule has 0 radical (unpaired) electrons. The molecular weight excluding hydrogens is 392 g/mol. The summed E-state index contributed by atoms with van der Waals surface area (Å²) in [5.74, 6) is 0.753. The van der Waals surface area contributed by atoms with Gasteiger partial charge in [0, 0.05) is 12.2 Å². The number of amides is 2. The standard InChI is InChI=1S/C25H30N2O4/c1-17(2)14-15-27-18(3)22(23(26-25(27)29)20-8-6-5-7-9-20)24(28)31-16-19-10-12-21(30-4)13-11-19/h5-13,17,23H,14-16H2,1-4H3,(H,26,29). The van der Waals surface area contributed by atoms with Crippen LogP contribution in [0.4, 0.5) is 4.79 Å². The Bertz CT molecular complexity index is 936. The maximum absolute atomic E-state index is 13.2. The molecule has 1 aliphatic rings. The predicted octanol–water partition coefficient (Wildman–Crippen LogP) is 4.83. The first kappa shape index (κ1) is 22.4. The van der Waals surface area contributed by atoms with E-state index in [1.807, 2.05) is 61.5 Å². The van der Waals surface area contributed by atoms with Crippen LogP contribution in [0.1, 0.15) is 44.4 Å². The van der Waals surface area contributed by atoms with Crippen molar-refractivity contribution < 1.29 is 19.1 Å². The second kappa shape index (κ2) is 10.2. The smallest absolute Gasteiger partial charge is 0.338 e. The van der Waals surface area contributed by atoms with Crippen molar-refractivity contribution in [3.05, 3.63) is 77.0 Å². The van der Waals surface area contributed by atoms with Crippen LogP contribution in [0.2, 0.25) is 0 Å². The average Bonchev–Trinajstić information content (AvgIpc) is 2.77. The molecule has 1 heterocycles. The van der Waals surface area contributed by atoms with E-state index in [1.54, 1.807) is 12.0 Å². The predicted molar refractivity (Wildman–Crippen MR) is 119 cm³/mol. The minimum absolute atomic E-state index is 0.140. The molecule has 0 aromatic heterocycles. The Morgan fingerprint density at radius 3 is 2.39 bits per heavy atom. The molecule has 1 atom stereocenters. The number of nitrogens with zero attached hydrogens (tertiary/aromatic N) is 1. The number of benzene rings is 2. The lowest BCUT2D eigenvalue weighted by Crippen LogP contribution is -2.48. The third-order valence-corrected chi connectivity index (χ3v) is 5.41. The number of methoxy groups -OCH3 is 1. The highest BCUT2D eigenvalue weighted by Crippen LogP contribution is 2.32. The SMILES string of the molecule is COc1ccc(COC(=O)C2=C(C)N(CCC(C)C)C(=O)NC2c2ccccc2)cc1. The van der Waals surface area contributed by atoms with Crippen molar-refractivity contribution in [3.8, 4) is 5.75 Å². The van der Waals surface area contributed by atoms with E-state index in [-0.39, 0.29) is 12.6 Å². The molecule has 1 aliphatic heterocycles. The van der Waals surface area contributed by atoms with Crippen molar-refractivity contribution in [2.75, 3.05) is 13.7 Å². The van der Waals surface area contributed by atoms with Crippen LogP contribution in [-0.2, 0) is 16.1 Å². The van der Waals surface area contributed by atoms with Crippen molar-refractivity contribution in [1.29, 1.82) is 0 Å². The Morgan fingerprint density at radius 1 is 1.10 bits per heavy atom. The molecule has 0 fully saturated rings. The van der Waals surface area contributed by atoms with Gasteiger partial charge in [-0.05, 0) is 42.5 Å². The van der Waals surface area contributed by atoms with E-state index in [1.165, 1.54) is 0 Å². The van der Waals surface area contributed by atoms with Gasteiger partial charge in [0.15, 0.2) is 0 Å². The van der Waals surface area contributed by atoms with Gasteiger partial charge >= 0.3 is 12.0 Å². The number of carbonyl (C=O) groups excluding carboxylic acids is 2. The van der Waals surface area contributed by atoms with Crippen molar-refractivity contribution in [1.82, 2.24) is 10.2 Å². The normalized spacial score (nSPS) is 16.4. The molecule has 6 nitrogen and oxygen atoms in total. The lowest BCUT2D eigenvalue weighted by Gasteiger charge is -2.35. The number of ether oxygens (including phenoxy) is 2. The van der Waals surface area contributed by atoms with E-state index in [0.717, 1.165) is 23.3 Å². The monoisotopic (exact) mass is 422 g/mol. The van der Waals surface area contributed by atoms with Crippen LogP contribution in [0.5, 0.6) is 5.75 Å². The molecule has 31 heavy (non-hydrogen) atoms. The number of carbonyl (C=O) groups is 2. The molecule has 0 spiro atoms. The average molecular weight is 423 g/mol. The van der Waals surface area contributed by atoms with E-state index in [2.05, 4.69) is 19.2 Å². The van der Waals surface area contributed by atoms with Gasteiger partial charge in [-0.25, -0.2) is 9.59 Å². The summed E-state index contributed by atoms with van der Waals surface area (Å²) in [6, 6.07) is 16.1. The summed E-state index contributed by atoms with van der Waals surface area (Å²) in [4.78, 5) is 27.7. The topological polar surface area (TPSA) is 67.9 Å². The Hall–Kier alpha value is -3.28. The van der Waals surface area contributed by atoms with Crippen LogP contribution in [0.25, 0.3) is 0 Å². The molecular formula is C25H30N2O4. The van der Waals surface area contributed by atoms with Crippen molar-refractivity contribution in [2.24, 2.45) is 5.92 Å². The molecule has 3 rings (SSSR count). The molecule has 6 heteroatoms. The van der Waals surface area contributed by atoms with Crippen LogP contribution < -0.4 is 10.1 Å². The number of rotatable bonds is 8. The van der Waals surface area contributed by atoms with Gasteiger partial charge in [-0.1, -0.05) is 56.3 Å². The fourth-order valence-corrected chi connectivity index (χ4v) is 3.55. The summed E-state index contributed by atoms with van der Waals surface area (Å²) >= 11 is 0. The Kier molecular flexibility index (Phi) is 7.34. The minimum atomic E-state index is -0.549. The Labute approximate surface area is 183 Å². The zero-order chi connectivity index (χ0) is 22.4. The van der Waals surface area contributed by atoms with E-state index in [9.17, 15) is 9.59 Å². The van der Waals surface area contributed by atoms with Crippen molar-refractivity contribution in [2.45, 2.75) is 39.8 Å². The second-order valence-corrected chi connectivity index (χ2v) is 8.05. The third-order valence-electron chi connectivity index (χ3n) is 5.41. The van der Waals surface area contributed by atoms with Gasteiger partial charge in [0.25, 0.3) is 0 Å². The number of urea groups is 1. The first-order valence-corrected chi connectivity index (χ1v) is 10.5. The molecule has 0 saturated carbocycles. The summed E-state index contributed by atoms with van der Waals surface area (Å²) in [6.07, 6.45) is 0.842. The summed E-state index contributed by atoms with van der Waals surface area (Å²) in [5, 5.41) is 2.99. The van der Waals surface area contributed by atoms with Gasteiger partial charge in [0.05, 0.1) is 18.7 Å². The highest BCUT2D eigenvalue weighted by Gasteiger charge is 2.36. The van der Waals surface area contributed by atoms with Gasteiger partial charge in [0.2, 0.25) is 0 Å². The summed E-state index contributed by atoms with van der Waals surface area (Å²) < 4.78 is 10.8. The van der Waals surface area contributed by atoms with Crippen LogP contribution in [0, 0.1) is 5.92 Å². The summed E-state index contributed by atoms with van der Waals surface area (Å²) in [5.41, 5.74) is 2.80. The van der Waals surface area contributed by atoms with Crippen LogP contribution in [0.15, 0.2) is 65.9 Å². The van der Waals surface area contributed by atoms with Crippen molar-refractivity contribution >= 4 is 12.0 Å². The largest absolute Gasteiger partial charge is 0.497 e. The van der Waals surface area contributed by atoms with E-state index in [4.69, 9.17) is 9.47 Å². The molecule has 2 aromatic carbocycles. The number of nitrogens with one attached hydrogen (secondary N) is 1. The zero-order valence-electron chi connectivity index (χ0n) is 18.6. The first-order chi connectivity index (χ1) is 14.9. The summed E-state index contributed by atoms with van der Waals surface area (Å²) in [6.45, 7) is 6.72. The maximum atomic E-state index is 13.2. The van der Waals surface area contributed by atoms with Gasteiger partial charge in [0.1, 0.15) is 12.4 Å². The van der Waals surface area contributed by atoms with E-state index >= 15 is 0 Å². The molecule has 0 aliphatic carbocycles. The zero-order valence-corrected chi connectivity index (χ0v) is 18.6. The molecule has 2 aromatic rings. The second-order valence-electron chi connectivity index (χ2n) is 8.05. The van der Waals surface area contributed by atoms with Gasteiger partial charge in [-0.15, -0.1) is 0 Å². The number of hydrogen-bond acceptors (Lipinski definition) is 4. The number of allylic oxidation sites excluding steroid dienone is 1. The van der Waals surface area contributed by atoms with Crippen LogP contribution in [0.3, 0.4) is 0 Å². The van der Waals surface area contributed by atoms with E-state index < -0.39 is 12.0 Å². The fraction of sp³-hybridized carbons (Fsp3) is 0.360.